The smallest absolute Gasteiger partial charge is 0.656 e. The van der Waals surface area contributed by atoms with Gasteiger partial charge in [0.2, 0.25) is 0 Å². The number of hydrogen-bond donors (Lipinski definition) is 1. The third-order valence-corrected chi connectivity index (χ3v) is 11.7. The average Bonchev–Trinajstić information content (AvgIpc) is 1.43. The minimum Gasteiger partial charge on any atom is -0.656 e. The summed E-state index contributed by atoms with van der Waals surface area (Å²) in [5.74, 6) is 0. The van der Waals surface area contributed by atoms with Crippen molar-refractivity contribution in [3.63, 3.8) is 0 Å². The van der Waals surface area contributed by atoms with Gasteiger partial charge in [-0.25, -0.2) is 0 Å². The molecule has 0 saturated carbocycles. The fraction of sp³-hybridized carbons (Fsp3) is 1.00. The first-order chi connectivity index (χ1) is 5.41. The molecule has 80 valence electrons. The topological polar surface area (TPSA) is 26.1 Å². The van der Waals surface area contributed by atoms with Gasteiger partial charge >= 0.3 is 18.9 Å². The van der Waals surface area contributed by atoms with Gasteiger partial charge in [-0.3, -0.25) is 0 Å². The van der Waals surface area contributed by atoms with Gasteiger partial charge in [-0.15, -0.1) is 0 Å². The molecule has 0 radical (unpaired) electrons. The Morgan fingerprint density at radius 2 is 1.14 bits per heavy atom. The Labute approximate surface area is 105 Å². The van der Waals surface area contributed by atoms with Gasteiger partial charge in [-0.05, 0) is 8.40 Å². The van der Waals surface area contributed by atoms with E-state index in [1.807, 2.05) is 0 Å². The zero-order valence-electron chi connectivity index (χ0n) is 11.4. The van der Waals surface area contributed by atoms with Crippen molar-refractivity contribution < 1.29 is 18.9 Å². The molecule has 1 N–H and O–H groups in total. The quantitative estimate of drug-likeness (QED) is 0.704. The molecule has 0 aliphatic carbocycles. The van der Waals surface area contributed by atoms with E-state index in [-0.39, 0.29) is 18.9 Å². The van der Waals surface area contributed by atoms with Crippen molar-refractivity contribution in [2.24, 2.45) is 0 Å². The maximum absolute atomic E-state index is 5.03. The van der Waals surface area contributed by atoms with E-state index in [0.29, 0.717) is 0 Å². The monoisotopic (exact) mass is 240 g/mol. The van der Waals surface area contributed by atoms with Crippen molar-refractivity contribution in [1.82, 2.24) is 4.65 Å². The van der Waals surface area contributed by atoms with Crippen LogP contribution in [-0.2, 0) is 0 Å². The third kappa shape index (κ3) is 11.2. The van der Waals surface area contributed by atoms with E-state index in [1.165, 1.54) is 0 Å². The van der Waals surface area contributed by atoms with Crippen LogP contribution in [0.4, 0.5) is 0 Å². The normalized spacial score (nSPS) is 13.7. The van der Waals surface area contributed by atoms with Crippen molar-refractivity contribution in [1.29, 1.82) is 0 Å². The molecule has 0 atom stereocenters. The Hall–Kier alpha value is 1.17. The van der Waals surface area contributed by atoms with E-state index >= 15 is 0 Å². The molecule has 0 fully saturated rings. The van der Waals surface area contributed by atoms with Gasteiger partial charge in [-0.1, -0.05) is 60.6 Å². The molecule has 0 saturated heterocycles. The molecule has 0 spiro atoms. The summed E-state index contributed by atoms with van der Waals surface area (Å²) in [6.07, 6.45) is 0. The summed E-state index contributed by atoms with van der Waals surface area (Å²) in [7, 11) is -3.87. The van der Waals surface area contributed by atoms with Gasteiger partial charge in [0.15, 0.2) is 0 Å². The van der Waals surface area contributed by atoms with Crippen LogP contribution in [0.2, 0.25) is 52.4 Å². The zero-order chi connectivity index (χ0) is 10.9. The molecular formula is C8H25LiN2Si3. The van der Waals surface area contributed by atoms with Crippen LogP contribution in [0.5, 0.6) is 0 Å². The molecule has 0 rings (SSSR count). The molecule has 0 aliphatic rings. The van der Waals surface area contributed by atoms with Gasteiger partial charge in [0, 0.05) is 0 Å². The summed E-state index contributed by atoms with van der Waals surface area (Å²) < 4.78 is 8.83. The second kappa shape index (κ2) is 5.48. The van der Waals surface area contributed by atoms with E-state index in [0.717, 1.165) is 0 Å². The predicted molar refractivity (Wildman–Crippen MR) is 70.7 cm³/mol. The van der Waals surface area contributed by atoms with E-state index < -0.39 is 24.9 Å². The molecule has 6 heteroatoms. The first-order valence-corrected chi connectivity index (χ1v) is 14.8. The second-order valence-electron chi connectivity index (χ2n) is 6.22. The minimum absolute atomic E-state index is 0. The molecule has 2 nitrogen and oxygen atoms in total. The largest absolute Gasteiger partial charge is 1.00 e. The third-order valence-electron chi connectivity index (χ3n) is 1.30. The van der Waals surface area contributed by atoms with Crippen LogP contribution in [0.25, 0.3) is 4.65 Å². The van der Waals surface area contributed by atoms with Crippen LogP contribution in [0.1, 0.15) is 0 Å². The Morgan fingerprint density at radius 3 is 1.36 bits per heavy atom. The fourth-order valence-electron chi connectivity index (χ4n) is 1.78. The number of nitrogens with zero attached hydrogens (tertiary/aromatic N) is 1. The van der Waals surface area contributed by atoms with Crippen molar-refractivity contribution >= 4 is 24.9 Å². The summed E-state index contributed by atoms with van der Waals surface area (Å²) in [5.41, 5.74) is 0. The Kier molecular flexibility index (Phi) is 6.88. The zero-order valence-corrected chi connectivity index (χ0v) is 14.4. The number of hydrogen-bond acceptors (Lipinski definition) is 1. The minimum atomic E-state index is -1.48. The summed E-state index contributed by atoms with van der Waals surface area (Å²) >= 11 is 0. The molecule has 0 aromatic carbocycles. The van der Waals surface area contributed by atoms with E-state index in [4.69, 9.17) is 4.65 Å². The van der Waals surface area contributed by atoms with Crippen LogP contribution < -0.4 is 23.5 Å². The molecule has 0 aromatic rings. The van der Waals surface area contributed by atoms with E-state index in [2.05, 4.69) is 57.0 Å². The summed E-state index contributed by atoms with van der Waals surface area (Å²) in [4.78, 5) is 0. The standard InChI is InChI=1S/C8H25N2Si3.Li/c1-11(2,3)9-13(7,8)10-12(4,5)6;/h9H,1-8H3;/q-1;+1. The van der Waals surface area contributed by atoms with Gasteiger partial charge in [0.05, 0.1) is 0 Å². The molecular weight excluding hydrogens is 215 g/mol. The molecule has 0 amide bonds. The Bertz CT molecular complexity index is 154. The number of nitrogens with one attached hydrogen (secondary N) is 1. The Morgan fingerprint density at radius 1 is 0.786 bits per heavy atom. The van der Waals surface area contributed by atoms with Gasteiger partial charge < -0.3 is 9.30 Å². The SMILES string of the molecule is C[Si](C)(C)[N-][Si](C)(C)N[Si](C)(C)C.[Li+]. The maximum atomic E-state index is 5.03. The van der Waals surface area contributed by atoms with Gasteiger partial charge in [0.1, 0.15) is 8.24 Å². The molecule has 0 heterocycles. The van der Waals surface area contributed by atoms with Crippen molar-refractivity contribution in [2.45, 2.75) is 52.4 Å². The summed E-state index contributed by atoms with van der Waals surface area (Å²) in [5, 5.41) is 0. The molecule has 0 bridgehead atoms. The van der Waals surface area contributed by atoms with Crippen molar-refractivity contribution in [2.75, 3.05) is 0 Å². The summed E-state index contributed by atoms with van der Waals surface area (Å²) in [6.45, 7) is 18.6. The average molecular weight is 241 g/mol. The van der Waals surface area contributed by atoms with Crippen LogP contribution in [0, 0.1) is 0 Å². The molecule has 0 aliphatic heterocycles. The van der Waals surface area contributed by atoms with Gasteiger partial charge in [0.25, 0.3) is 0 Å². The maximum Gasteiger partial charge on any atom is 1.00 e. The second-order valence-corrected chi connectivity index (χ2v) is 20.1. The first-order valence-electron chi connectivity index (χ1n) is 4.95. The summed E-state index contributed by atoms with van der Waals surface area (Å²) in [6, 6.07) is 0. The van der Waals surface area contributed by atoms with E-state index in [1.54, 1.807) is 0 Å². The van der Waals surface area contributed by atoms with Crippen LogP contribution >= 0.6 is 0 Å². The first kappa shape index (κ1) is 17.6. The number of rotatable bonds is 4. The van der Waals surface area contributed by atoms with Crippen LogP contribution in [0.15, 0.2) is 0 Å². The molecule has 14 heavy (non-hydrogen) atoms. The molecule has 0 aromatic heterocycles. The Balaban J connectivity index is 0. The van der Waals surface area contributed by atoms with Gasteiger partial charge in [-0.2, -0.15) is 0 Å². The van der Waals surface area contributed by atoms with Crippen LogP contribution in [-0.4, -0.2) is 24.9 Å². The van der Waals surface area contributed by atoms with Crippen molar-refractivity contribution in [3.05, 3.63) is 4.65 Å². The predicted octanol–water partition coefficient (Wildman–Crippen LogP) is 0.325. The fourth-order valence-corrected chi connectivity index (χ4v) is 16.6. The van der Waals surface area contributed by atoms with E-state index in [9.17, 15) is 0 Å². The van der Waals surface area contributed by atoms with Crippen LogP contribution in [0.3, 0.4) is 0 Å². The molecule has 0 unspecified atom stereocenters. The van der Waals surface area contributed by atoms with Crippen molar-refractivity contribution in [3.8, 4) is 0 Å².